The van der Waals surface area contributed by atoms with Crippen molar-refractivity contribution in [3.05, 3.63) is 35.7 Å². The van der Waals surface area contributed by atoms with E-state index < -0.39 is 0 Å². The monoisotopic (exact) mass is 436 g/mol. The molecule has 0 saturated heterocycles. The molecule has 10 heteroatoms. The van der Waals surface area contributed by atoms with Crippen molar-refractivity contribution in [2.75, 3.05) is 13.1 Å². The van der Waals surface area contributed by atoms with Gasteiger partial charge < -0.3 is 21.5 Å². The lowest BCUT2D eigenvalue weighted by atomic mass is 10.1. The molecule has 31 heavy (non-hydrogen) atoms. The van der Waals surface area contributed by atoms with E-state index in [9.17, 15) is 0 Å². The van der Waals surface area contributed by atoms with Crippen molar-refractivity contribution >= 4 is 0 Å². The topological polar surface area (TPSA) is 145 Å². The third-order valence-electron chi connectivity index (χ3n) is 4.59. The van der Waals surface area contributed by atoms with Crippen LogP contribution in [0.25, 0.3) is 0 Å². The van der Waals surface area contributed by atoms with Gasteiger partial charge >= 0.3 is 0 Å². The summed E-state index contributed by atoms with van der Waals surface area (Å²) in [6.07, 6.45) is 5.45. The van der Waals surface area contributed by atoms with E-state index in [-0.39, 0.29) is 16.6 Å². The Bertz CT molecular complexity index is 720. The first-order chi connectivity index (χ1) is 13.9. The predicted molar refractivity (Wildman–Crippen MR) is 126 cm³/mol. The van der Waals surface area contributed by atoms with E-state index >= 15 is 0 Å². The van der Waals surface area contributed by atoms with Gasteiger partial charge in [0.25, 0.3) is 0 Å². The van der Waals surface area contributed by atoms with Crippen molar-refractivity contribution in [1.29, 1.82) is 0 Å². The number of hydrazine groups is 2. The van der Waals surface area contributed by atoms with E-state index in [4.69, 9.17) is 23.2 Å². The van der Waals surface area contributed by atoms with Crippen LogP contribution >= 0.6 is 0 Å². The van der Waals surface area contributed by atoms with Gasteiger partial charge in [0.2, 0.25) is 0 Å². The van der Waals surface area contributed by atoms with E-state index in [1.54, 1.807) is 22.4 Å². The van der Waals surface area contributed by atoms with Gasteiger partial charge in [0.1, 0.15) is 0 Å². The van der Waals surface area contributed by atoms with Crippen LogP contribution in [0.1, 0.15) is 68.0 Å². The second kappa shape index (κ2) is 9.88. The molecular formula is C21H44N10. The first-order valence-corrected chi connectivity index (χ1v) is 10.5. The van der Waals surface area contributed by atoms with Crippen molar-refractivity contribution in [2.24, 2.45) is 23.2 Å². The molecule has 0 aliphatic heterocycles. The van der Waals surface area contributed by atoms with Gasteiger partial charge in [0.15, 0.2) is 0 Å². The highest BCUT2D eigenvalue weighted by atomic mass is 15.5. The Labute approximate surface area is 187 Å². The molecule has 0 fully saturated rings. The zero-order chi connectivity index (χ0) is 24.2. The number of nitrogens with two attached hydrogens (primary N) is 4. The van der Waals surface area contributed by atoms with E-state index in [0.29, 0.717) is 31.0 Å². The zero-order valence-corrected chi connectivity index (χ0v) is 20.8. The standard InChI is InChI=1S/C21H44N10/c1-19(2,3)29(24)12-16(22)10-28(11-17(23)13-30(25)20(4,5)6)14-18-15-31(27-26-18)21(7,8)9/h12-13,15H,10-11,14,22-25H2,1-9H3/b16-12-,17-13-. The zero-order valence-electron chi connectivity index (χ0n) is 20.8. The number of aromatic nitrogens is 3. The first kappa shape index (κ1) is 26.7. The fourth-order valence-electron chi connectivity index (χ4n) is 2.44. The molecule has 1 aromatic rings. The summed E-state index contributed by atoms with van der Waals surface area (Å²) in [4.78, 5) is 2.08. The highest BCUT2D eigenvalue weighted by Gasteiger charge is 2.20. The second-order valence-corrected chi connectivity index (χ2v) is 11.0. The maximum Gasteiger partial charge on any atom is 0.0967 e. The van der Waals surface area contributed by atoms with Crippen LogP contribution in [-0.2, 0) is 12.1 Å². The van der Waals surface area contributed by atoms with Crippen LogP contribution in [0.4, 0.5) is 0 Å². The quantitative estimate of drug-likeness (QED) is 0.351. The summed E-state index contributed by atoms with van der Waals surface area (Å²) in [5.41, 5.74) is 14.1. The molecule has 0 aliphatic carbocycles. The summed E-state index contributed by atoms with van der Waals surface area (Å²) in [6, 6.07) is 0. The molecule has 0 bridgehead atoms. The largest absolute Gasteiger partial charge is 0.400 e. The summed E-state index contributed by atoms with van der Waals surface area (Å²) in [7, 11) is 0. The van der Waals surface area contributed by atoms with Crippen LogP contribution in [0.15, 0.2) is 30.0 Å². The number of rotatable bonds is 8. The summed E-state index contributed by atoms with van der Waals surface area (Å²) in [6.45, 7) is 19.8. The molecule has 1 aromatic heterocycles. The van der Waals surface area contributed by atoms with Crippen LogP contribution in [0, 0.1) is 0 Å². The second-order valence-electron chi connectivity index (χ2n) is 11.0. The molecule has 0 atom stereocenters. The lowest BCUT2D eigenvalue weighted by Crippen LogP contribution is -2.44. The minimum Gasteiger partial charge on any atom is -0.400 e. The molecule has 178 valence electrons. The third-order valence-corrected chi connectivity index (χ3v) is 4.59. The third kappa shape index (κ3) is 9.16. The van der Waals surface area contributed by atoms with Crippen molar-refractivity contribution in [3.8, 4) is 0 Å². The van der Waals surface area contributed by atoms with Crippen molar-refractivity contribution in [3.63, 3.8) is 0 Å². The minimum atomic E-state index is -0.240. The molecule has 0 aliphatic rings. The van der Waals surface area contributed by atoms with Gasteiger partial charge in [-0.3, -0.25) is 4.90 Å². The average molecular weight is 437 g/mol. The van der Waals surface area contributed by atoms with Crippen molar-refractivity contribution < 1.29 is 0 Å². The fraction of sp³-hybridized carbons (Fsp3) is 0.714. The van der Waals surface area contributed by atoms with Gasteiger partial charge in [0, 0.05) is 54.5 Å². The van der Waals surface area contributed by atoms with Gasteiger partial charge in [0.05, 0.1) is 17.4 Å². The van der Waals surface area contributed by atoms with E-state index in [1.165, 1.54) is 0 Å². The fourth-order valence-corrected chi connectivity index (χ4v) is 2.44. The Hall–Kier alpha value is -2.30. The highest BCUT2D eigenvalue weighted by molar-refractivity contribution is 5.06. The summed E-state index contributed by atoms with van der Waals surface area (Å²) in [5.74, 6) is 12.2. The Balaban J connectivity index is 3.08. The Morgan fingerprint density at radius 2 is 1.29 bits per heavy atom. The minimum absolute atomic E-state index is 0.145. The SMILES string of the molecule is CC(C)(C)N(N)/C=C(\N)CN(C/C(N)=C/N(N)C(C)(C)C)Cc1cn(C(C)(C)C)nn1. The lowest BCUT2D eigenvalue weighted by Gasteiger charge is -2.32. The van der Waals surface area contributed by atoms with Gasteiger partial charge in [-0.2, -0.15) is 0 Å². The number of hydrogen-bond donors (Lipinski definition) is 4. The van der Waals surface area contributed by atoms with E-state index in [1.807, 2.05) is 52.4 Å². The summed E-state index contributed by atoms with van der Waals surface area (Å²) in [5, 5.41) is 11.8. The van der Waals surface area contributed by atoms with Gasteiger partial charge in [-0.05, 0) is 62.3 Å². The maximum absolute atomic E-state index is 6.31. The van der Waals surface area contributed by atoms with Crippen LogP contribution in [0.2, 0.25) is 0 Å². The average Bonchev–Trinajstić information content (AvgIpc) is 3.01. The molecule has 0 amide bonds. The Kier molecular flexibility index (Phi) is 8.52. The van der Waals surface area contributed by atoms with Crippen LogP contribution < -0.4 is 23.2 Å². The van der Waals surface area contributed by atoms with Crippen LogP contribution in [0.3, 0.4) is 0 Å². The van der Waals surface area contributed by atoms with Gasteiger partial charge in [-0.1, -0.05) is 5.21 Å². The molecule has 0 unspecified atom stereocenters. The molecule has 8 N–H and O–H groups in total. The maximum atomic E-state index is 6.31. The first-order valence-electron chi connectivity index (χ1n) is 10.5. The summed E-state index contributed by atoms with van der Waals surface area (Å²) < 4.78 is 1.85. The summed E-state index contributed by atoms with van der Waals surface area (Å²) >= 11 is 0. The lowest BCUT2D eigenvalue weighted by molar-refractivity contribution is 0.203. The Morgan fingerprint density at radius 1 is 0.871 bits per heavy atom. The number of hydrogen-bond acceptors (Lipinski definition) is 9. The van der Waals surface area contributed by atoms with Crippen LogP contribution in [0.5, 0.6) is 0 Å². The highest BCUT2D eigenvalue weighted by Crippen LogP contribution is 2.15. The van der Waals surface area contributed by atoms with Crippen molar-refractivity contribution in [1.82, 2.24) is 29.9 Å². The van der Waals surface area contributed by atoms with Gasteiger partial charge in [-0.15, -0.1) is 5.10 Å². The smallest absolute Gasteiger partial charge is 0.0967 e. The molecule has 1 rings (SSSR count). The normalized spacial score (nSPS) is 14.3. The van der Waals surface area contributed by atoms with Crippen LogP contribution in [-0.4, -0.2) is 54.1 Å². The molecule has 1 heterocycles. The van der Waals surface area contributed by atoms with Crippen molar-refractivity contribution in [2.45, 2.75) is 85.5 Å². The predicted octanol–water partition coefficient (Wildman–Crippen LogP) is 1.38. The van der Waals surface area contributed by atoms with E-state index in [2.05, 4.69) is 36.0 Å². The molecule has 0 saturated carbocycles. The number of nitrogens with zero attached hydrogens (tertiary/aromatic N) is 6. The molecular weight excluding hydrogens is 392 g/mol. The Morgan fingerprint density at radius 3 is 1.61 bits per heavy atom. The van der Waals surface area contributed by atoms with E-state index in [0.717, 1.165) is 5.69 Å². The molecule has 10 nitrogen and oxygen atoms in total. The molecule has 0 spiro atoms. The van der Waals surface area contributed by atoms with Gasteiger partial charge in [-0.25, -0.2) is 16.4 Å². The molecule has 0 radical (unpaired) electrons. The molecule has 0 aromatic carbocycles.